The van der Waals surface area contributed by atoms with E-state index in [1.54, 1.807) is 11.3 Å². The van der Waals surface area contributed by atoms with Crippen LogP contribution in [0, 0.1) is 0 Å². The fourth-order valence-electron chi connectivity index (χ4n) is 2.59. The van der Waals surface area contributed by atoms with Crippen LogP contribution in [0.1, 0.15) is 24.1 Å². The zero-order valence-electron chi connectivity index (χ0n) is 9.52. The van der Waals surface area contributed by atoms with Gasteiger partial charge in [-0.2, -0.15) is 0 Å². The van der Waals surface area contributed by atoms with Crippen LogP contribution in [-0.4, -0.2) is 30.6 Å². The van der Waals surface area contributed by atoms with Crippen molar-refractivity contribution in [2.75, 3.05) is 6.26 Å². The summed E-state index contributed by atoms with van der Waals surface area (Å²) in [4.78, 5) is 1.02. The molecule has 2 rings (SSSR count). The van der Waals surface area contributed by atoms with Gasteiger partial charge in [-0.15, -0.1) is 11.3 Å². The van der Waals surface area contributed by atoms with Crippen molar-refractivity contribution in [3.63, 3.8) is 0 Å². The highest BCUT2D eigenvalue weighted by Gasteiger charge is 2.46. The lowest BCUT2D eigenvalue weighted by molar-refractivity contribution is 0.0521. The van der Waals surface area contributed by atoms with Crippen LogP contribution in [0.2, 0.25) is 0 Å². The third-order valence-electron chi connectivity index (χ3n) is 3.30. The third kappa shape index (κ3) is 2.92. The maximum atomic E-state index is 11.7. The van der Waals surface area contributed by atoms with Crippen molar-refractivity contribution in [1.82, 2.24) is 0 Å². The molecule has 2 unspecified atom stereocenters. The average molecular weight is 339 g/mol. The van der Waals surface area contributed by atoms with Gasteiger partial charge in [0.2, 0.25) is 0 Å². The highest BCUT2D eigenvalue weighted by atomic mass is 79.9. The van der Waals surface area contributed by atoms with E-state index in [1.807, 2.05) is 12.1 Å². The summed E-state index contributed by atoms with van der Waals surface area (Å²) in [5.41, 5.74) is -1.09. The molecular weight excluding hydrogens is 324 g/mol. The Bertz CT molecular complexity index is 509. The minimum Gasteiger partial charge on any atom is -0.388 e. The monoisotopic (exact) mass is 338 g/mol. The van der Waals surface area contributed by atoms with E-state index in [4.69, 9.17) is 0 Å². The molecule has 0 bridgehead atoms. The second-order valence-electron chi connectivity index (χ2n) is 4.70. The largest absolute Gasteiger partial charge is 0.388 e. The lowest BCUT2D eigenvalue weighted by Gasteiger charge is -2.28. The van der Waals surface area contributed by atoms with Crippen molar-refractivity contribution in [1.29, 1.82) is 0 Å². The van der Waals surface area contributed by atoms with E-state index in [0.29, 0.717) is 19.3 Å². The Balaban J connectivity index is 2.23. The predicted molar refractivity (Wildman–Crippen MR) is 73.2 cm³/mol. The molecule has 96 valence electrons. The molecule has 1 heterocycles. The summed E-state index contributed by atoms with van der Waals surface area (Å²) in [6.07, 6.45) is 3.57. The highest BCUT2D eigenvalue weighted by molar-refractivity contribution is 9.11. The molecule has 0 saturated heterocycles. The van der Waals surface area contributed by atoms with Gasteiger partial charge in [-0.05, 0) is 47.3 Å². The standard InChI is InChI=1S/C11H15BrO3S2/c1-17(14,15)9-3-2-6-11(9,13)7-8-4-5-10(12)16-8/h4-5,9,13H,2-3,6-7H2,1H3. The maximum absolute atomic E-state index is 11.7. The van der Waals surface area contributed by atoms with Crippen molar-refractivity contribution in [2.24, 2.45) is 0 Å². The van der Waals surface area contributed by atoms with Crippen molar-refractivity contribution >= 4 is 37.1 Å². The van der Waals surface area contributed by atoms with Gasteiger partial charge in [-0.1, -0.05) is 0 Å². The van der Waals surface area contributed by atoms with E-state index in [2.05, 4.69) is 15.9 Å². The number of rotatable bonds is 3. The zero-order chi connectivity index (χ0) is 12.7. The first-order valence-electron chi connectivity index (χ1n) is 5.47. The molecule has 1 aliphatic carbocycles. The fourth-order valence-corrected chi connectivity index (χ4v) is 5.78. The van der Waals surface area contributed by atoms with Gasteiger partial charge in [0, 0.05) is 17.6 Å². The number of hydrogen-bond donors (Lipinski definition) is 1. The second-order valence-corrected chi connectivity index (χ2v) is 9.47. The molecule has 2 atom stereocenters. The predicted octanol–water partition coefficient (Wildman–Crippen LogP) is 2.38. The first-order chi connectivity index (χ1) is 7.81. The first kappa shape index (κ1) is 13.5. The maximum Gasteiger partial charge on any atom is 0.153 e. The van der Waals surface area contributed by atoms with Crippen molar-refractivity contribution in [3.05, 3.63) is 20.8 Å². The molecule has 0 radical (unpaired) electrons. The summed E-state index contributed by atoms with van der Waals surface area (Å²) < 4.78 is 24.4. The summed E-state index contributed by atoms with van der Waals surface area (Å²) >= 11 is 4.92. The molecule has 1 N–H and O–H groups in total. The zero-order valence-corrected chi connectivity index (χ0v) is 12.7. The second kappa shape index (κ2) is 4.64. The quantitative estimate of drug-likeness (QED) is 0.920. The Labute approximate surface area is 114 Å². The van der Waals surface area contributed by atoms with E-state index < -0.39 is 20.7 Å². The SMILES string of the molecule is CS(=O)(=O)C1CCCC1(O)Cc1ccc(Br)s1. The van der Waals surface area contributed by atoms with Crippen LogP contribution in [0.25, 0.3) is 0 Å². The van der Waals surface area contributed by atoms with Crippen LogP contribution in [0.5, 0.6) is 0 Å². The number of hydrogen-bond acceptors (Lipinski definition) is 4. The number of halogens is 1. The van der Waals surface area contributed by atoms with Crippen LogP contribution >= 0.6 is 27.3 Å². The Morgan fingerprint density at radius 2 is 2.29 bits per heavy atom. The molecule has 6 heteroatoms. The van der Waals surface area contributed by atoms with Gasteiger partial charge in [0.1, 0.15) is 0 Å². The minimum atomic E-state index is -3.18. The van der Waals surface area contributed by atoms with Gasteiger partial charge in [0.25, 0.3) is 0 Å². The number of aliphatic hydroxyl groups is 1. The molecule has 0 amide bonds. The van der Waals surface area contributed by atoms with Crippen molar-refractivity contribution in [2.45, 2.75) is 36.5 Å². The van der Waals surface area contributed by atoms with Gasteiger partial charge in [0.05, 0.1) is 14.6 Å². The van der Waals surface area contributed by atoms with Crippen LogP contribution in [0.4, 0.5) is 0 Å². The summed E-state index contributed by atoms with van der Waals surface area (Å²) in [5, 5.41) is 9.95. The molecule has 1 aliphatic rings. The summed E-state index contributed by atoms with van der Waals surface area (Å²) in [5.74, 6) is 0. The van der Waals surface area contributed by atoms with Gasteiger partial charge >= 0.3 is 0 Å². The van der Waals surface area contributed by atoms with Crippen molar-refractivity contribution < 1.29 is 13.5 Å². The Morgan fingerprint density at radius 1 is 1.59 bits per heavy atom. The smallest absolute Gasteiger partial charge is 0.153 e. The molecular formula is C11H15BrO3S2. The van der Waals surface area contributed by atoms with Crippen LogP contribution in [-0.2, 0) is 16.3 Å². The van der Waals surface area contributed by atoms with Gasteiger partial charge in [-0.25, -0.2) is 8.42 Å². The molecule has 1 aromatic rings. The lowest BCUT2D eigenvalue weighted by atomic mass is 9.97. The minimum absolute atomic E-state index is 0.432. The molecule has 1 saturated carbocycles. The Hall–Kier alpha value is 0.0900. The number of sulfone groups is 1. The fraction of sp³-hybridized carbons (Fsp3) is 0.636. The molecule has 0 aliphatic heterocycles. The third-order valence-corrected chi connectivity index (χ3v) is 6.63. The molecule has 0 spiro atoms. The van der Waals surface area contributed by atoms with E-state index in [9.17, 15) is 13.5 Å². The normalized spacial score (nSPS) is 29.7. The average Bonchev–Trinajstić information content (AvgIpc) is 2.72. The molecule has 0 aromatic carbocycles. The van der Waals surface area contributed by atoms with Gasteiger partial charge in [-0.3, -0.25) is 0 Å². The van der Waals surface area contributed by atoms with E-state index >= 15 is 0 Å². The van der Waals surface area contributed by atoms with Crippen molar-refractivity contribution in [3.8, 4) is 0 Å². The Morgan fingerprint density at radius 3 is 2.82 bits per heavy atom. The highest BCUT2D eigenvalue weighted by Crippen LogP contribution is 2.38. The molecule has 17 heavy (non-hydrogen) atoms. The summed E-state index contributed by atoms with van der Waals surface area (Å²) in [6.45, 7) is 0. The number of thiophene rings is 1. The Kier molecular flexibility index (Phi) is 3.69. The first-order valence-corrected chi connectivity index (χ1v) is 9.03. The van der Waals surface area contributed by atoms with E-state index in [-0.39, 0.29) is 0 Å². The van der Waals surface area contributed by atoms with Crippen LogP contribution < -0.4 is 0 Å². The summed E-state index contributed by atoms with van der Waals surface area (Å²) in [7, 11) is -3.18. The van der Waals surface area contributed by atoms with Gasteiger partial charge in [0.15, 0.2) is 9.84 Å². The van der Waals surface area contributed by atoms with Crippen LogP contribution in [0.3, 0.4) is 0 Å². The topological polar surface area (TPSA) is 54.4 Å². The molecule has 1 aromatic heterocycles. The van der Waals surface area contributed by atoms with E-state index in [0.717, 1.165) is 15.1 Å². The van der Waals surface area contributed by atoms with Gasteiger partial charge < -0.3 is 5.11 Å². The molecule has 1 fully saturated rings. The molecule has 3 nitrogen and oxygen atoms in total. The lowest BCUT2D eigenvalue weighted by Crippen LogP contribution is -2.43. The van der Waals surface area contributed by atoms with Crippen LogP contribution in [0.15, 0.2) is 15.9 Å². The summed E-state index contributed by atoms with van der Waals surface area (Å²) in [6, 6.07) is 3.86. The van der Waals surface area contributed by atoms with E-state index in [1.165, 1.54) is 6.26 Å².